The van der Waals surface area contributed by atoms with Crippen molar-refractivity contribution < 1.29 is 23.0 Å². The molecule has 0 saturated carbocycles. The summed E-state index contributed by atoms with van der Waals surface area (Å²) in [6, 6.07) is 4.99. The number of nitrogens with one attached hydrogen (secondary N) is 1. The van der Waals surface area contributed by atoms with Crippen molar-refractivity contribution in [3.63, 3.8) is 0 Å². The van der Waals surface area contributed by atoms with Crippen molar-refractivity contribution in [1.82, 2.24) is 4.72 Å². The second-order valence-electron chi connectivity index (χ2n) is 3.75. The minimum atomic E-state index is -3.30. The van der Waals surface area contributed by atoms with Crippen LogP contribution in [0.3, 0.4) is 0 Å². The number of rotatable bonds is 4. The number of aliphatic hydroxyl groups is 1. The number of fused-ring (bicyclic) bond motifs is 1. The fourth-order valence-electron chi connectivity index (χ4n) is 1.47. The lowest BCUT2D eigenvalue weighted by Crippen LogP contribution is -2.27. The number of hydrogen-bond acceptors (Lipinski definition) is 5. The topological polar surface area (TPSA) is 84.9 Å². The normalized spacial score (nSPS) is 15.9. The van der Waals surface area contributed by atoms with E-state index in [1.807, 2.05) is 0 Å². The van der Waals surface area contributed by atoms with E-state index in [-0.39, 0.29) is 13.3 Å². The molecule has 0 saturated heterocycles. The third kappa shape index (κ3) is 3.09. The lowest BCUT2D eigenvalue weighted by Gasteiger charge is -2.11. The molecule has 1 unspecified atom stereocenters. The molecule has 0 aromatic heterocycles. The van der Waals surface area contributed by atoms with E-state index in [0.29, 0.717) is 17.1 Å². The maximum Gasteiger partial charge on any atom is 0.231 e. The summed E-state index contributed by atoms with van der Waals surface area (Å²) in [6.45, 7) is 0.0922. The van der Waals surface area contributed by atoms with Gasteiger partial charge in [-0.1, -0.05) is 6.07 Å². The van der Waals surface area contributed by atoms with Crippen molar-refractivity contribution in [2.24, 2.45) is 0 Å². The molecule has 0 radical (unpaired) electrons. The van der Waals surface area contributed by atoms with E-state index in [0.717, 1.165) is 6.26 Å². The highest BCUT2D eigenvalue weighted by Gasteiger charge is 2.17. The third-order valence-corrected chi connectivity index (χ3v) is 3.01. The van der Waals surface area contributed by atoms with E-state index < -0.39 is 16.1 Å². The third-order valence-electron chi connectivity index (χ3n) is 2.32. The summed E-state index contributed by atoms with van der Waals surface area (Å²) in [5.74, 6) is 1.18. The molecule has 7 heteroatoms. The molecule has 1 aromatic carbocycles. The van der Waals surface area contributed by atoms with Crippen molar-refractivity contribution >= 4 is 10.0 Å². The largest absolute Gasteiger partial charge is 0.454 e. The van der Waals surface area contributed by atoms with E-state index in [2.05, 4.69) is 4.72 Å². The standard InChI is InChI=1S/C10H13NO5S/c1-17(13,14)11-5-8(12)7-2-3-9-10(4-7)16-6-15-9/h2-4,8,11-12H,5-6H2,1H3. The summed E-state index contributed by atoms with van der Waals surface area (Å²) in [7, 11) is -3.30. The zero-order valence-corrected chi connectivity index (χ0v) is 10.0. The summed E-state index contributed by atoms with van der Waals surface area (Å²) in [4.78, 5) is 0. The van der Waals surface area contributed by atoms with Gasteiger partial charge in [-0.05, 0) is 17.7 Å². The van der Waals surface area contributed by atoms with Gasteiger partial charge in [-0.25, -0.2) is 13.1 Å². The smallest absolute Gasteiger partial charge is 0.231 e. The Balaban J connectivity index is 2.07. The van der Waals surface area contributed by atoms with E-state index in [9.17, 15) is 13.5 Å². The van der Waals surface area contributed by atoms with Crippen molar-refractivity contribution in [2.45, 2.75) is 6.10 Å². The van der Waals surface area contributed by atoms with Crippen LogP contribution in [0.4, 0.5) is 0 Å². The Bertz CT molecular complexity index is 513. The predicted molar refractivity (Wildman–Crippen MR) is 60.4 cm³/mol. The highest BCUT2D eigenvalue weighted by Crippen LogP contribution is 2.34. The van der Waals surface area contributed by atoms with Gasteiger partial charge in [0.15, 0.2) is 11.5 Å². The molecule has 1 heterocycles. The first-order valence-corrected chi connectivity index (χ1v) is 6.87. The zero-order valence-electron chi connectivity index (χ0n) is 9.21. The molecule has 0 amide bonds. The van der Waals surface area contributed by atoms with Crippen LogP contribution in [0.1, 0.15) is 11.7 Å². The van der Waals surface area contributed by atoms with Crippen LogP contribution in [-0.2, 0) is 10.0 Å². The first kappa shape index (κ1) is 12.2. The number of benzene rings is 1. The number of aliphatic hydroxyl groups excluding tert-OH is 1. The number of hydrogen-bond donors (Lipinski definition) is 2. The lowest BCUT2D eigenvalue weighted by atomic mass is 10.1. The molecule has 0 spiro atoms. The SMILES string of the molecule is CS(=O)(=O)NCC(O)c1ccc2c(c1)OCO2. The highest BCUT2D eigenvalue weighted by atomic mass is 32.2. The van der Waals surface area contributed by atoms with Crippen molar-refractivity contribution in [1.29, 1.82) is 0 Å². The van der Waals surface area contributed by atoms with Gasteiger partial charge in [0.25, 0.3) is 0 Å². The Morgan fingerprint density at radius 1 is 1.41 bits per heavy atom. The molecule has 2 rings (SSSR count). The van der Waals surface area contributed by atoms with Gasteiger partial charge in [0.05, 0.1) is 12.4 Å². The van der Waals surface area contributed by atoms with Gasteiger partial charge in [-0.15, -0.1) is 0 Å². The summed E-state index contributed by atoms with van der Waals surface area (Å²) in [5, 5.41) is 9.79. The molecule has 17 heavy (non-hydrogen) atoms. The zero-order chi connectivity index (χ0) is 12.5. The van der Waals surface area contributed by atoms with E-state index in [1.165, 1.54) is 0 Å². The second-order valence-corrected chi connectivity index (χ2v) is 5.58. The second kappa shape index (κ2) is 4.52. The van der Waals surface area contributed by atoms with E-state index >= 15 is 0 Å². The Labute approximate surface area is 99.2 Å². The molecule has 1 aliphatic heterocycles. The van der Waals surface area contributed by atoms with E-state index in [1.54, 1.807) is 18.2 Å². The van der Waals surface area contributed by atoms with Crippen LogP contribution in [0.25, 0.3) is 0 Å². The molecule has 0 bridgehead atoms. The van der Waals surface area contributed by atoms with E-state index in [4.69, 9.17) is 9.47 Å². The van der Waals surface area contributed by atoms with Gasteiger partial charge in [0.1, 0.15) is 0 Å². The van der Waals surface area contributed by atoms with Crippen LogP contribution in [0, 0.1) is 0 Å². The summed E-state index contributed by atoms with van der Waals surface area (Å²) >= 11 is 0. The van der Waals surface area contributed by atoms with Gasteiger partial charge in [-0.2, -0.15) is 0 Å². The monoisotopic (exact) mass is 259 g/mol. The quantitative estimate of drug-likeness (QED) is 0.795. The molecule has 94 valence electrons. The van der Waals surface area contributed by atoms with Crippen LogP contribution in [0.2, 0.25) is 0 Å². The summed E-state index contributed by atoms with van der Waals surface area (Å²) in [6.07, 6.45) is 0.124. The Kier molecular flexibility index (Phi) is 3.23. The van der Waals surface area contributed by atoms with Crippen LogP contribution < -0.4 is 14.2 Å². The molecular formula is C10H13NO5S. The van der Waals surface area contributed by atoms with Crippen LogP contribution >= 0.6 is 0 Å². The maximum absolute atomic E-state index is 10.9. The molecular weight excluding hydrogens is 246 g/mol. The molecule has 2 N–H and O–H groups in total. The Morgan fingerprint density at radius 2 is 2.12 bits per heavy atom. The fourth-order valence-corrected chi connectivity index (χ4v) is 1.93. The highest BCUT2D eigenvalue weighted by molar-refractivity contribution is 7.88. The molecule has 0 fully saturated rings. The molecule has 1 aliphatic rings. The average molecular weight is 259 g/mol. The van der Waals surface area contributed by atoms with Gasteiger partial charge in [-0.3, -0.25) is 0 Å². The van der Waals surface area contributed by atoms with Crippen molar-refractivity contribution in [3.05, 3.63) is 23.8 Å². The molecule has 1 atom stereocenters. The van der Waals surface area contributed by atoms with Gasteiger partial charge < -0.3 is 14.6 Å². The molecule has 0 aliphatic carbocycles. The van der Waals surface area contributed by atoms with Gasteiger partial charge >= 0.3 is 0 Å². The summed E-state index contributed by atoms with van der Waals surface area (Å²) in [5.41, 5.74) is 0.574. The van der Waals surface area contributed by atoms with Gasteiger partial charge in [0, 0.05) is 6.54 Å². The number of ether oxygens (including phenoxy) is 2. The number of sulfonamides is 1. The first-order valence-electron chi connectivity index (χ1n) is 4.98. The Morgan fingerprint density at radius 3 is 2.82 bits per heavy atom. The van der Waals surface area contributed by atoms with Crippen LogP contribution in [-0.4, -0.2) is 33.1 Å². The summed E-state index contributed by atoms with van der Waals surface area (Å²) < 4.78 is 34.3. The minimum absolute atomic E-state index is 0.0710. The average Bonchev–Trinajstić information content (AvgIpc) is 2.71. The minimum Gasteiger partial charge on any atom is -0.454 e. The van der Waals surface area contributed by atoms with Crippen LogP contribution in [0.5, 0.6) is 11.5 Å². The maximum atomic E-state index is 10.9. The molecule has 6 nitrogen and oxygen atoms in total. The van der Waals surface area contributed by atoms with Crippen LogP contribution in [0.15, 0.2) is 18.2 Å². The predicted octanol–water partition coefficient (Wildman–Crippen LogP) is -0.00210. The van der Waals surface area contributed by atoms with Crippen molar-refractivity contribution in [3.8, 4) is 11.5 Å². The van der Waals surface area contributed by atoms with Crippen molar-refractivity contribution in [2.75, 3.05) is 19.6 Å². The lowest BCUT2D eigenvalue weighted by molar-refractivity contribution is 0.172. The first-order chi connectivity index (χ1) is 7.96. The van der Waals surface area contributed by atoms with Gasteiger partial charge in [0.2, 0.25) is 16.8 Å². The molecule has 1 aromatic rings. The fraction of sp³-hybridized carbons (Fsp3) is 0.400. The Hall–Kier alpha value is -1.31.